The number of amides is 1. The fourth-order valence-electron chi connectivity index (χ4n) is 2.79. The van der Waals surface area contributed by atoms with Crippen LogP contribution in [-0.2, 0) is 6.54 Å². The molecule has 5 nitrogen and oxygen atoms in total. The number of carbonyl (C=O) groups is 1. The highest BCUT2D eigenvalue weighted by molar-refractivity contribution is 5.94. The minimum absolute atomic E-state index is 0.0687. The van der Waals surface area contributed by atoms with Crippen molar-refractivity contribution >= 4 is 5.91 Å². The zero-order chi connectivity index (χ0) is 15.4. The van der Waals surface area contributed by atoms with Gasteiger partial charge in [0.1, 0.15) is 0 Å². The maximum atomic E-state index is 12.5. The molecule has 1 amide bonds. The molecule has 0 bridgehead atoms. The van der Waals surface area contributed by atoms with Gasteiger partial charge >= 0.3 is 0 Å². The zero-order valence-electron chi connectivity index (χ0n) is 13.5. The van der Waals surface area contributed by atoms with Crippen LogP contribution in [0, 0.1) is 0 Å². The molecular weight excluding hydrogens is 264 g/mol. The molecule has 0 N–H and O–H groups in total. The van der Waals surface area contributed by atoms with Crippen molar-refractivity contribution in [2.75, 3.05) is 41.3 Å². The summed E-state index contributed by atoms with van der Waals surface area (Å²) in [5, 5.41) is 0. The predicted octanol–water partition coefficient (Wildman–Crippen LogP) is 1.31. The van der Waals surface area contributed by atoms with Gasteiger partial charge in [-0.2, -0.15) is 0 Å². The van der Waals surface area contributed by atoms with Crippen LogP contribution in [0.15, 0.2) is 18.3 Å². The molecule has 0 saturated carbocycles. The van der Waals surface area contributed by atoms with Crippen molar-refractivity contribution in [1.82, 2.24) is 19.7 Å². The number of rotatable bonds is 4. The quantitative estimate of drug-likeness (QED) is 0.838. The number of hydrogen-bond donors (Lipinski definition) is 0. The highest BCUT2D eigenvalue weighted by Gasteiger charge is 2.25. The summed E-state index contributed by atoms with van der Waals surface area (Å²) in [6.07, 6.45) is 3.93. The van der Waals surface area contributed by atoms with Gasteiger partial charge in [-0.15, -0.1) is 0 Å². The molecule has 1 aliphatic heterocycles. The van der Waals surface area contributed by atoms with E-state index in [1.54, 1.807) is 6.20 Å². The van der Waals surface area contributed by atoms with E-state index in [1.165, 1.54) is 0 Å². The summed E-state index contributed by atoms with van der Waals surface area (Å²) in [5.41, 5.74) is 1.66. The first-order chi connectivity index (χ1) is 9.97. The van der Waals surface area contributed by atoms with E-state index >= 15 is 0 Å². The zero-order valence-corrected chi connectivity index (χ0v) is 13.5. The second kappa shape index (κ2) is 7.00. The van der Waals surface area contributed by atoms with E-state index in [0.29, 0.717) is 11.6 Å². The van der Waals surface area contributed by atoms with Gasteiger partial charge in [-0.3, -0.25) is 9.78 Å². The molecule has 1 atom stereocenters. The lowest BCUT2D eigenvalue weighted by Crippen LogP contribution is -2.47. The van der Waals surface area contributed by atoms with Gasteiger partial charge in [-0.25, -0.2) is 0 Å². The van der Waals surface area contributed by atoms with Crippen LogP contribution in [0.5, 0.6) is 0 Å². The smallest absolute Gasteiger partial charge is 0.255 e. The topological polar surface area (TPSA) is 39.7 Å². The molecular formula is C16H26N4O. The summed E-state index contributed by atoms with van der Waals surface area (Å²) < 4.78 is 0. The molecule has 0 spiro atoms. The number of nitrogens with zero attached hydrogens (tertiary/aromatic N) is 4. The largest absolute Gasteiger partial charge is 0.337 e. The minimum Gasteiger partial charge on any atom is -0.337 e. The molecule has 0 radical (unpaired) electrons. The highest BCUT2D eigenvalue weighted by atomic mass is 16.2. The number of pyridine rings is 1. The van der Waals surface area contributed by atoms with E-state index in [0.717, 1.165) is 38.2 Å². The van der Waals surface area contributed by atoms with Crippen molar-refractivity contribution in [2.45, 2.75) is 25.4 Å². The second-order valence-electron chi connectivity index (χ2n) is 6.25. The number of aromatic nitrogens is 1. The second-order valence-corrected chi connectivity index (χ2v) is 6.25. The lowest BCUT2D eigenvalue weighted by atomic mass is 10.0. The van der Waals surface area contributed by atoms with E-state index in [-0.39, 0.29) is 5.91 Å². The Kier molecular flexibility index (Phi) is 5.31. The Hall–Kier alpha value is -1.46. The van der Waals surface area contributed by atoms with Crippen LogP contribution in [0.2, 0.25) is 0 Å². The van der Waals surface area contributed by atoms with Gasteiger partial charge in [0.05, 0.1) is 11.3 Å². The summed E-state index contributed by atoms with van der Waals surface area (Å²) in [6.45, 7) is 2.87. The molecule has 2 rings (SSSR count). The molecule has 1 saturated heterocycles. The van der Waals surface area contributed by atoms with Gasteiger partial charge in [-0.05, 0) is 52.7 Å². The summed E-state index contributed by atoms with van der Waals surface area (Å²) in [7, 11) is 8.03. The van der Waals surface area contributed by atoms with Crippen LogP contribution in [0.25, 0.3) is 0 Å². The third-order valence-corrected chi connectivity index (χ3v) is 4.02. The first kappa shape index (κ1) is 15.9. The molecule has 1 aromatic heterocycles. The Morgan fingerprint density at radius 2 is 2.14 bits per heavy atom. The summed E-state index contributed by atoms with van der Waals surface area (Å²) in [4.78, 5) is 23.1. The lowest BCUT2D eigenvalue weighted by Gasteiger charge is -2.35. The van der Waals surface area contributed by atoms with Crippen LogP contribution >= 0.6 is 0 Å². The lowest BCUT2D eigenvalue weighted by molar-refractivity contribution is 0.0643. The average Bonchev–Trinajstić information content (AvgIpc) is 2.46. The predicted molar refractivity (Wildman–Crippen MR) is 84.2 cm³/mol. The highest BCUT2D eigenvalue weighted by Crippen LogP contribution is 2.16. The molecule has 0 aromatic carbocycles. The summed E-state index contributed by atoms with van der Waals surface area (Å²) in [6, 6.07) is 4.13. The number of hydrogen-bond acceptors (Lipinski definition) is 4. The summed E-state index contributed by atoms with van der Waals surface area (Å²) >= 11 is 0. The first-order valence-electron chi connectivity index (χ1n) is 7.52. The van der Waals surface area contributed by atoms with Crippen LogP contribution in [0.1, 0.15) is 28.9 Å². The van der Waals surface area contributed by atoms with E-state index in [2.05, 4.69) is 21.8 Å². The maximum Gasteiger partial charge on any atom is 0.255 e. The van der Waals surface area contributed by atoms with Gasteiger partial charge in [-0.1, -0.05) is 0 Å². The average molecular weight is 290 g/mol. The van der Waals surface area contributed by atoms with Crippen LogP contribution in [-0.4, -0.2) is 72.9 Å². The Labute approximate surface area is 127 Å². The van der Waals surface area contributed by atoms with Crippen molar-refractivity contribution in [3.63, 3.8) is 0 Å². The van der Waals surface area contributed by atoms with Gasteiger partial charge in [0, 0.05) is 32.4 Å². The van der Waals surface area contributed by atoms with Crippen LogP contribution in [0.4, 0.5) is 0 Å². The Morgan fingerprint density at radius 1 is 1.38 bits per heavy atom. The summed E-state index contributed by atoms with van der Waals surface area (Å²) in [5.74, 6) is 0.0687. The monoisotopic (exact) mass is 290 g/mol. The molecule has 1 unspecified atom stereocenters. The Bertz CT molecular complexity index is 472. The van der Waals surface area contributed by atoms with Crippen LogP contribution < -0.4 is 0 Å². The normalized spacial score (nSPS) is 19.8. The molecule has 1 aromatic rings. The Morgan fingerprint density at radius 3 is 2.71 bits per heavy atom. The van der Waals surface area contributed by atoms with Gasteiger partial charge in [0.25, 0.3) is 5.91 Å². The van der Waals surface area contributed by atoms with E-state index in [4.69, 9.17) is 0 Å². The fourth-order valence-corrected chi connectivity index (χ4v) is 2.79. The van der Waals surface area contributed by atoms with Crippen molar-refractivity contribution < 1.29 is 4.79 Å². The van der Waals surface area contributed by atoms with Crippen molar-refractivity contribution in [2.24, 2.45) is 0 Å². The van der Waals surface area contributed by atoms with Gasteiger partial charge in [0.2, 0.25) is 0 Å². The maximum absolute atomic E-state index is 12.5. The molecule has 0 aliphatic carbocycles. The molecule has 1 aliphatic rings. The third-order valence-electron chi connectivity index (χ3n) is 4.02. The molecule has 5 heteroatoms. The third kappa shape index (κ3) is 4.25. The fraction of sp³-hybridized carbons (Fsp3) is 0.625. The first-order valence-corrected chi connectivity index (χ1v) is 7.52. The minimum atomic E-state index is 0.0687. The SMILES string of the molecule is CN(C)Cc1ccc(C(=O)N(C)C2CCCN(C)C2)cn1. The number of likely N-dealkylation sites (tertiary alicyclic amines) is 1. The number of piperidine rings is 1. The molecule has 21 heavy (non-hydrogen) atoms. The molecule has 1 fully saturated rings. The van der Waals surface area contributed by atoms with Crippen molar-refractivity contribution in [3.8, 4) is 0 Å². The number of carbonyl (C=O) groups excluding carboxylic acids is 1. The Balaban J connectivity index is 2.01. The van der Waals surface area contributed by atoms with Gasteiger partial charge < -0.3 is 14.7 Å². The van der Waals surface area contributed by atoms with Gasteiger partial charge in [0.15, 0.2) is 0 Å². The van der Waals surface area contributed by atoms with E-state index in [1.807, 2.05) is 38.2 Å². The van der Waals surface area contributed by atoms with Crippen LogP contribution in [0.3, 0.4) is 0 Å². The standard InChI is InChI=1S/C16H26N4O/c1-18(2)11-14-8-7-13(10-17-14)16(21)20(4)15-6-5-9-19(3)12-15/h7-8,10,15H,5-6,9,11-12H2,1-4H3. The van der Waals surface area contributed by atoms with E-state index in [9.17, 15) is 4.79 Å². The molecule has 116 valence electrons. The van der Waals surface area contributed by atoms with Crippen molar-refractivity contribution in [3.05, 3.63) is 29.6 Å². The van der Waals surface area contributed by atoms with Crippen molar-refractivity contribution in [1.29, 1.82) is 0 Å². The van der Waals surface area contributed by atoms with E-state index < -0.39 is 0 Å². The molecule has 2 heterocycles. The number of likely N-dealkylation sites (N-methyl/N-ethyl adjacent to an activating group) is 2.